The van der Waals surface area contributed by atoms with E-state index >= 15 is 0 Å². The molecule has 0 aliphatic heterocycles. The molecule has 1 rings (SSSR count). The summed E-state index contributed by atoms with van der Waals surface area (Å²) in [5.41, 5.74) is 5.25. The van der Waals surface area contributed by atoms with Crippen LogP contribution < -0.4 is 5.73 Å². The highest BCUT2D eigenvalue weighted by Crippen LogP contribution is 2.09. The maximum absolute atomic E-state index is 11.5. The molecule has 1 unspecified atom stereocenters. The summed E-state index contributed by atoms with van der Waals surface area (Å²) in [6, 6.07) is -0.582. The fraction of sp³-hybridized carbons (Fsp3) is 0.636. The van der Waals surface area contributed by atoms with Crippen LogP contribution in [0.25, 0.3) is 0 Å². The molecule has 0 bridgehead atoms. The third-order valence-corrected chi connectivity index (χ3v) is 1.97. The van der Waals surface area contributed by atoms with Crippen molar-refractivity contribution in [3.63, 3.8) is 0 Å². The molecule has 0 saturated heterocycles. The number of nitrogens with zero attached hydrogens (tertiary/aromatic N) is 2. The number of rotatable bonds is 4. The van der Waals surface area contributed by atoms with Crippen molar-refractivity contribution in [1.29, 1.82) is 0 Å². The summed E-state index contributed by atoms with van der Waals surface area (Å²) in [6.07, 6.45) is 5.77. The Balaban J connectivity index is 2.35. The Kier molecular flexibility index (Phi) is 4.06. The number of nitrogens with two attached hydrogens (primary N) is 1. The van der Waals surface area contributed by atoms with E-state index in [1.54, 1.807) is 12.5 Å². The Labute approximate surface area is 95.6 Å². The summed E-state index contributed by atoms with van der Waals surface area (Å²) in [5.74, 6) is -0.354. The van der Waals surface area contributed by atoms with Crippen molar-refractivity contribution in [2.75, 3.05) is 0 Å². The zero-order chi connectivity index (χ0) is 12.2. The Bertz CT molecular complexity index is 327. The molecule has 0 aliphatic carbocycles. The van der Waals surface area contributed by atoms with Crippen LogP contribution in [0.5, 0.6) is 0 Å². The molecular weight excluding hydrogens is 206 g/mol. The second kappa shape index (κ2) is 5.12. The summed E-state index contributed by atoms with van der Waals surface area (Å²) in [4.78, 5) is 15.5. The number of hydrogen-bond donors (Lipinski definition) is 1. The van der Waals surface area contributed by atoms with E-state index in [4.69, 9.17) is 10.5 Å². The van der Waals surface area contributed by atoms with E-state index in [-0.39, 0.29) is 5.97 Å². The highest BCUT2D eigenvalue weighted by atomic mass is 16.6. The highest BCUT2D eigenvalue weighted by Gasteiger charge is 2.21. The molecule has 0 aromatic carbocycles. The first-order chi connectivity index (χ1) is 7.38. The van der Waals surface area contributed by atoms with Crippen molar-refractivity contribution in [1.82, 2.24) is 9.55 Å². The average Bonchev–Trinajstić information content (AvgIpc) is 2.63. The Morgan fingerprint density at radius 3 is 2.75 bits per heavy atom. The second-order valence-electron chi connectivity index (χ2n) is 4.73. The van der Waals surface area contributed by atoms with Gasteiger partial charge in [-0.1, -0.05) is 0 Å². The van der Waals surface area contributed by atoms with Gasteiger partial charge < -0.3 is 15.0 Å². The Morgan fingerprint density at radius 2 is 2.25 bits per heavy atom. The molecule has 1 heterocycles. The first-order valence-corrected chi connectivity index (χ1v) is 5.32. The zero-order valence-corrected chi connectivity index (χ0v) is 10.0. The lowest BCUT2D eigenvalue weighted by molar-refractivity contribution is -0.156. The highest BCUT2D eigenvalue weighted by molar-refractivity contribution is 5.75. The lowest BCUT2D eigenvalue weighted by Gasteiger charge is -2.22. The van der Waals surface area contributed by atoms with Gasteiger partial charge in [0.1, 0.15) is 11.6 Å². The number of aryl methyl sites for hydroxylation is 1. The van der Waals surface area contributed by atoms with E-state index in [1.165, 1.54) is 0 Å². The number of aromatic nitrogens is 2. The van der Waals surface area contributed by atoms with Crippen LogP contribution in [0.4, 0.5) is 0 Å². The summed E-state index contributed by atoms with van der Waals surface area (Å²) in [6.45, 7) is 6.15. The Morgan fingerprint density at radius 1 is 1.56 bits per heavy atom. The molecular formula is C11H19N3O2. The molecule has 0 saturated carbocycles. The van der Waals surface area contributed by atoms with Crippen LogP contribution in [0, 0.1) is 0 Å². The SMILES string of the molecule is CC(C)(C)OC(=O)C(N)CCn1ccnc1. The van der Waals surface area contributed by atoms with Gasteiger partial charge in [0.25, 0.3) is 0 Å². The Hall–Kier alpha value is -1.36. The number of imidazole rings is 1. The summed E-state index contributed by atoms with van der Waals surface area (Å²) in [5, 5.41) is 0. The molecule has 1 aromatic heterocycles. The third kappa shape index (κ3) is 4.44. The second-order valence-corrected chi connectivity index (χ2v) is 4.73. The van der Waals surface area contributed by atoms with Crippen molar-refractivity contribution < 1.29 is 9.53 Å². The van der Waals surface area contributed by atoms with E-state index in [2.05, 4.69) is 4.98 Å². The van der Waals surface area contributed by atoms with E-state index in [0.29, 0.717) is 13.0 Å². The van der Waals surface area contributed by atoms with Gasteiger partial charge >= 0.3 is 5.97 Å². The van der Waals surface area contributed by atoms with E-state index in [0.717, 1.165) is 0 Å². The lowest BCUT2D eigenvalue weighted by Crippen LogP contribution is -2.38. The average molecular weight is 225 g/mol. The molecule has 1 aromatic rings. The van der Waals surface area contributed by atoms with Crippen LogP contribution in [-0.4, -0.2) is 27.2 Å². The first-order valence-electron chi connectivity index (χ1n) is 5.32. The van der Waals surface area contributed by atoms with Crippen molar-refractivity contribution in [3.05, 3.63) is 18.7 Å². The predicted molar refractivity (Wildman–Crippen MR) is 60.7 cm³/mol. The van der Waals surface area contributed by atoms with E-state index in [9.17, 15) is 4.79 Å². The van der Waals surface area contributed by atoms with Gasteiger partial charge in [-0.3, -0.25) is 4.79 Å². The van der Waals surface area contributed by atoms with Gasteiger partial charge in [0.2, 0.25) is 0 Å². The quantitative estimate of drug-likeness (QED) is 0.774. The van der Waals surface area contributed by atoms with Crippen LogP contribution in [0.2, 0.25) is 0 Å². The van der Waals surface area contributed by atoms with Gasteiger partial charge in [0.05, 0.1) is 6.33 Å². The van der Waals surface area contributed by atoms with Crippen LogP contribution in [0.3, 0.4) is 0 Å². The lowest BCUT2D eigenvalue weighted by atomic mass is 10.1. The van der Waals surface area contributed by atoms with Crippen molar-refractivity contribution in [2.24, 2.45) is 5.73 Å². The molecule has 1 atom stereocenters. The monoisotopic (exact) mass is 225 g/mol. The van der Waals surface area contributed by atoms with Gasteiger partial charge in [-0.25, -0.2) is 4.98 Å². The topological polar surface area (TPSA) is 70.1 Å². The van der Waals surface area contributed by atoms with E-state index in [1.807, 2.05) is 31.5 Å². The largest absolute Gasteiger partial charge is 0.459 e. The molecule has 16 heavy (non-hydrogen) atoms. The molecule has 2 N–H and O–H groups in total. The van der Waals surface area contributed by atoms with Gasteiger partial charge in [0.15, 0.2) is 0 Å². The molecule has 0 fully saturated rings. The summed E-state index contributed by atoms with van der Waals surface area (Å²) < 4.78 is 7.06. The van der Waals surface area contributed by atoms with Gasteiger partial charge in [-0.2, -0.15) is 0 Å². The molecule has 90 valence electrons. The fourth-order valence-electron chi connectivity index (χ4n) is 1.20. The first kappa shape index (κ1) is 12.7. The number of hydrogen-bond acceptors (Lipinski definition) is 4. The van der Waals surface area contributed by atoms with Crippen molar-refractivity contribution in [3.8, 4) is 0 Å². The minimum absolute atomic E-state index is 0.354. The number of carbonyl (C=O) groups excluding carboxylic acids is 1. The summed E-state index contributed by atoms with van der Waals surface area (Å²) >= 11 is 0. The molecule has 5 heteroatoms. The van der Waals surface area contributed by atoms with Crippen molar-refractivity contribution >= 4 is 5.97 Å². The molecule has 0 aliphatic rings. The van der Waals surface area contributed by atoms with Gasteiger partial charge in [0, 0.05) is 18.9 Å². The fourth-order valence-corrected chi connectivity index (χ4v) is 1.20. The molecule has 5 nitrogen and oxygen atoms in total. The van der Waals surface area contributed by atoms with E-state index < -0.39 is 11.6 Å². The number of ether oxygens (including phenoxy) is 1. The smallest absolute Gasteiger partial charge is 0.323 e. The maximum atomic E-state index is 11.5. The van der Waals surface area contributed by atoms with Crippen LogP contribution in [0.15, 0.2) is 18.7 Å². The van der Waals surface area contributed by atoms with Gasteiger partial charge in [-0.15, -0.1) is 0 Å². The minimum atomic E-state index is -0.582. The standard InChI is InChI=1S/C11H19N3O2/c1-11(2,3)16-10(15)9(12)4-6-14-7-5-13-8-14/h5,7-9H,4,6,12H2,1-3H3. The van der Waals surface area contributed by atoms with Crippen LogP contribution in [0.1, 0.15) is 27.2 Å². The number of carbonyl (C=O) groups is 1. The normalized spacial score (nSPS) is 13.5. The summed E-state index contributed by atoms with van der Waals surface area (Å²) in [7, 11) is 0. The molecule has 0 radical (unpaired) electrons. The number of esters is 1. The predicted octanol–water partition coefficient (Wildman–Crippen LogP) is 0.942. The zero-order valence-electron chi connectivity index (χ0n) is 10.0. The van der Waals surface area contributed by atoms with Crippen LogP contribution >= 0.6 is 0 Å². The van der Waals surface area contributed by atoms with Gasteiger partial charge in [-0.05, 0) is 27.2 Å². The molecule has 0 amide bonds. The third-order valence-electron chi connectivity index (χ3n) is 1.97. The minimum Gasteiger partial charge on any atom is -0.459 e. The van der Waals surface area contributed by atoms with Crippen LogP contribution in [-0.2, 0) is 16.1 Å². The maximum Gasteiger partial charge on any atom is 0.323 e. The molecule has 0 spiro atoms. The van der Waals surface area contributed by atoms with Crippen molar-refractivity contribution in [2.45, 2.75) is 45.4 Å².